The second-order valence-corrected chi connectivity index (χ2v) is 11.1. The maximum absolute atomic E-state index is 14.8. The summed E-state index contributed by atoms with van der Waals surface area (Å²) >= 11 is 6.30. The summed E-state index contributed by atoms with van der Waals surface area (Å²) in [6.45, 7) is 0.785. The molecule has 3 aromatic carbocycles. The van der Waals surface area contributed by atoms with E-state index in [1.807, 2.05) is 0 Å². The van der Waals surface area contributed by atoms with Crippen molar-refractivity contribution in [3.63, 3.8) is 0 Å². The zero-order valence-corrected chi connectivity index (χ0v) is 24.4. The average Bonchev–Trinajstić information content (AvgIpc) is 3.17. The van der Waals surface area contributed by atoms with Crippen LogP contribution in [0.3, 0.4) is 0 Å². The molecule has 0 spiro atoms. The lowest BCUT2D eigenvalue weighted by molar-refractivity contribution is -0.148. The van der Waals surface area contributed by atoms with Crippen LogP contribution in [-0.4, -0.2) is 58.2 Å². The number of hydrogen-bond acceptors (Lipinski definition) is 8. The number of aromatic nitrogens is 2. The summed E-state index contributed by atoms with van der Waals surface area (Å²) in [6.07, 6.45) is 2.25. The van der Waals surface area contributed by atoms with E-state index < -0.39 is 23.1 Å². The third-order valence-corrected chi connectivity index (χ3v) is 8.12. The van der Waals surface area contributed by atoms with Crippen LogP contribution in [0.5, 0.6) is 0 Å². The molecule has 1 aromatic heterocycles. The minimum absolute atomic E-state index is 0. The number of amides is 1. The van der Waals surface area contributed by atoms with E-state index in [0.29, 0.717) is 64.6 Å². The molecule has 4 aromatic rings. The molecule has 0 aliphatic carbocycles. The first-order valence-electron chi connectivity index (χ1n) is 13.9. The van der Waals surface area contributed by atoms with E-state index >= 15 is 0 Å². The topological polar surface area (TPSA) is 123 Å². The zero-order valence-electron chi connectivity index (χ0n) is 23.6. The number of halogens is 3. The first-order valence-corrected chi connectivity index (χ1v) is 14.2. The Labute approximate surface area is 264 Å². The van der Waals surface area contributed by atoms with Crippen LogP contribution in [0.2, 0.25) is 5.02 Å². The highest BCUT2D eigenvalue weighted by Crippen LogP contribution is 2.35. The molecule has 3 N–H and O–H groups in total. The molecule has 0 atom stereocenters. The van der Waals surface area contributed by atoms with Crippen molar-refractivity contribution in [3.8, 4) is 11.3 Å². The molecule has 6 rings (SSSR count). The fourth-order valence-corrected chi connectivity index (χ4v) is 5.62. The van der Waals surface area contributed by atoms with Crippen molar-refractivity contribution >= 4 is 40.8 Å². The lowest BCUT2D eigenvalue weighted by atomic mass is 9.88. The maximum atomic E-state index is 14.8. The molecule has 0 bridgehead atoms. The first kappa shape index (κ1) is 31.7. The summed E-state index contributed by atoms with van der Waals surface area (Å²) in [7, 11) is 1.30. The van der Waals surface area contributed by atoms with Crippen LogP contribution in [0, 0.1) is 11.6 Å². The van der Waals surface area contributed by atoms with E-state index in [1.165, 1.54) is 25.3 Å². The average molecular weight is 633 g/mol. The van der Waals surface area contributed by atoms with Gasteiger partial charge < -0.3 is 20.7 Å². The number of piperidine rings is 1. The molecular formula is C33H31ClF2N6O3. The molecule has 232 valence electrons. The highest BCUT2D eigenvalue weighted by Gasteiger charge is 2.40. The van der Waals surface area contributed by atoms with Gasteiger partial charge in [-0.1, -0.05) is 31.2 Å². The number of carbonyl (C=O) groups excluding carboxylic acids is 2. The Morgan fingerprint density at radius 2 is 1.71 bits per heavy atom. The van der Waals surface area contributed by atoms with Gasteiger partial charge in [-0.3, -0.25) is 14.6 Å². The number of fused-ring (bicyclic) bond motifs is 3. The van der Waals surface area contributed by atoms with E-state index in [4.69, 9.17) is 27.1 Å². The number of benzene rings is 3. The molecule has 0 unspecified atom stereocenters. The predicted octanol–water partition coefficient (Wildman–Crippen LogP) is 5.91. The second kappa shape index (κ2) is 12.7. The number of hydrogen-bond donors (Lipinski definition) is 2. The van der Waals surface area contributed by atoms with E-state index in [-0.39, 0.29) is 37.1 Å². The SMILES string of the molecule is C.COC(=O)C1(N)CCN(C(=O)c2ccc(Nc3ncc4c(n3)-c3ccc(Cl)cc3C(c3c(F)cccc3F)=NC4)cc2)CC1. The van der Waals surface area contributed by atoms with Gasteiger partial charge in [0.15, 0.2) is 0 Å². The van der Waals surface area contributed by atoms with E-state index in [2.05, 4.69) is 15.3 Å². The number of anilines is 2. The molecule has 1 fully saturated rings. The monoisotopic (exact) mass is 632 g/mol. The predicted molar refractivity (Wildman–Crippen MR) is 169 cm³/mol. The van der Waals surface area contributed by atoms with Crippen molar-refractivity contribution in [1.82, 2.24) is 14.9 Å². The molecule has 2 aliphatic heterocycles. The van der Waals surface area contributed by atoms with Crippen molar-refractivity contribution in [1.29, 1.82) is 0 Å². The summed E-state index contributed by atoms with van der Waals surface area (Å²) in [5.41, 5.74) is 8.37. The maximum Gasteiger partial charge on any atom is 0.325 e. The smallest absolute Gasteiger partial charge is 0.325 e. The summed E-state index contributed by atoms with van der Waals surface area (Å²) in [5.74, 6) is -1.82. The fourth-order valence-electron chi connectivity index (χ4n) is 5.45. The van der Waals surface area contributed by atoms with Gasteiger partial charge in [0, 0.05) is 52.3 Å². The minimum atomic E-state index is -1.08. The largest absolute Gasteiger partial charge is 0.468 e. The van der Waals surface area contributed by atoms with Crippen LogP contribution in [0.15, 0.2) is 71.9 Å². The molecule has 12 heteroatoms. The molecule has 45 heavy (non-hydrogen) atoms. The van der Waals surface area contributed by atoms with Crippen molar-refractivity contribution in [2.24, 2.45) is 10.7 Å². The van der Waals surface area contributed by atoms with Gasteiger partial charge in [-0.05, 0) is 61.4 Å². The van der Waals surface area contributed by atoms with Gasteiger partial charge >= 0.3 is 5.97 Å². The zero-order chi connectivity index (χ0) is 31.0. The van der Waals surface area contributed by atoms with E-state index in [1.54, 1.807) is 53.6 Å². The number of nitrogens with one attached hydrogen (secondary N) is 1. The number of nitrogens with two attached hydrogens (primary N) is 1. The van der Waals surface area contributed by atoms with Gasteiger partial charge in [0.25, 0.3) is 5.91 Å². The molecule has 2 aliphatic rings. The molecule has 3 heterocycles. The van der Waals surface area contributed by atoms with Crippen molar-refractivity contribution in [3.05, 3.63) is 106 Å². The van der Waals surface area contributed by atoms with Crippen LogP contribution >= 0.6 is 11.6 Å². The van der Waals surface area contributed by atoms with E-state index in [0.717, 1.165) is 0 Å². The number of likely N-dealkylation sites (tertiary alicyclic amines) is 1. The lowest BCUT2D eigenvalue weighted by Crippen LogP contribution is -2.57. The van der Waals surface area contributed by atoms with Gasteiger partial charge in [0.05, 0.1) is 30.6 Å². The van der Waals surface area contributed by atoms with Crippen LogP contribution in [0.1, 0.15) is 47.3 Å². The fraction of sp³-hybridized carbons (Fsp3) is 0.242. The molecule has 0 radical (unpaired) electrons. The third-order valence-electron chi connectivity index (χ3n) is 7.89. The molecule has 9 nitrogen and oxygen atoms in total. The Kier molecular flexibility index (Phi) is 8.94. The number of esters is 1. The Morgan fingerprint density at radius 3 is 2.38 bits per heavy atom. The molecular weight excluding hydrogens is 602 g/mol. The third kappa shape index (κ3) is 6.13. The quantitative estimate of drug-likeness (QED) is 0.262. The highest BCUT2D eigenvalue weighted by molar-refractivity contribution is 6.31. The van der Waals surface area contributed by atoms with E-state index in [9.17, 15) is 18.4 Å². The number of nitrogens with zero attached hydrogens (tertiary/aromatic N) is 4. The number of methoxy groups -OCH3 is 1. The molecule has 1 saturated heterocycles. The Balaban J connectivity index is 0.00000400. The Bertz CT molecular complexity index is 1790. The van der Waals surface area contributed by atoms with Gasteiger partial charge in [0.1, 0.15) is 17.2 Å². The highest BCUT2D eigenvalue weighted by atomic mass is 35.5. The standard InChI is InChI=1S/C32H27ClF2N6O3.CH4/c1-44-30(43)32(36)11-13-41(14-12-32)29(42)18-5-8-21(9-6-18)39-31-38-17-19-16-37-28(26-24(34)3-2-4-25(26)35)23-15-20(33)7-10-22(23)27(19)40-31;/h2-10,15,17H,11-14,16,36H2,1H3,(H,38,39,40);1H4. The van der Waals surface area contributed by atoms with Crippen LogP contribution in [0.25, 0.3) is 11.3 Å². The number of carbonyl (C=O) groups is 2. The summed E-state index contributed by atoms with van der Waals surface area (Å²) < 4.78 is 34.4. The van der Waals surface area contributed by atoms with Crippen LogP contribution in [0.4, 0.5) is 20.4 Å². The van der Waals surface area contributed by atoms with Crippen LogP contribution < -0.4 is 11.1 Å². The summed E-state index contributed by atoms with van der Waals surface area (Å²) in [5, 5.41) is 3.54. The van der Waals surface area contributed by atoms with Crippen LogP contribution in [-0.2, 0) is 16.1 Å². The normalized spacial score (nSPS) is 15.0. The number of aliphatic imine (C=N–C) groups is 1. The van der Waals surface area contributed by atoms with Crippen molar-refractivity contribution in [2.45, 2.75) is 32.4 Å². The van der Waals surface area contributed by atoms with Gasteiger partial charge in [-0.15, -0.1) is 0 Å². The van der Waals surface area contributed by atoms with Gasteiger partial charge in [0.2, 0.25) is 5.95 Å². The molecule has 0 saturated carbocycles. The number of ether oxygens (including phenoxy) is 1. The van der Waals surface area contributed by atoms with Gasteiger partial charge in [-0.2, -0.15) is 0 Å². The summed E-state index contributed by atoms with van der Waals surface area (Å²) in [4.78, 5) is 40.4. The summed E-state index contributed by atoms with van der Waals surface area (Å²) in [6, 6.07) is 15.6. The van der Waals surface area contributed by atoms with Crippen molar-refractivity contribution < 1.29 is 23.1 Å². The molecule has 1 amide bonds. The lowest BCUT2D eigenvalue weighted by Gasteiger charge is -2.37. The minimum Gasteiger partial charge on any atom is -0.468 e. The van der Waals surface area contributed by atoms with Gasteiger partial charge in [-0.25, -0.2) is 18.7 Å². The Hall–Kier alpha value is -4.74. The second-order valence-electron chi connectivity index (χ2n) is 10.7. The Morgan fingerprint density at radius 1 is 1.02 bits per heavy atom. The first-order chi connectivity index (χ1) is 21.2. The van der Waals surface area contributed by atoms with Crippen molar-refractivity contribution in [2.75, 3.05) is 25.5 Å². The number of rotatable bonds is 5.